The molecule has 0 spiro atoms. The molecule has 0 bridgehead atoms. The van der Waals surface area contributed by atoms with Gasteiger partial charge in [0.15, 0.2) is 0 Å². The lowest BCUT2D eigenvalue weighted by Gasteiger charge is -2.27. The number of hydrogen-bond acceptors (Lipinski definition) is 10. The molecule has 18 aromatic carbocycles. The first kappa shape index (κ1) is 84.8. The van der Waals surface area contributed by atoms with Gasteiger partial charge >= 0.3 is 15.1 Å². The lowest BCUT2D eigenvalue weighted by Crippen LogP contribution is -2.37. The molecule has 11 heteroatoms. The van der Waals surface area contributed by atoms with E-state index in [4.69, 9.17) is 11.4 Å². The van der Waals surface area contributed by atoms with Gasteiger partial charge in [-0.25, -0.2) is 0 Å². The second-order valence-electron chi connectivity index (χ2n) is 32.6. The second-order valence-corrected chi connectivity index (χ2v) is 33.9. The number of hydrogen-bond donors (Lipinski definition) is 0. The van der Waals surface area contributed by atoms with Crippen molar-refractivity contribution in [3.63, 3.8) is 0 Å². The maximum Gasteiger partial charge on any atom is 1.20 e. The maximum absolute atomic E-state index is 6.41. The molecule has 21 rings (SSSR count). The molecule has 634 valence electrons. The summed E-state index contributed by atoms with van der Waals surface area (Å²) in [5.74, 6) is 1.82. The molecular formula is C121H94AlN7O3. The number of pyridine rings is 3. The van der Waals surface area contributed by atoms with Crippen molar-refractivity contribution in [2.45, 2.75) is 27.7 Å². The molecule has 10 nitrogen and oxygen atoms in total. The minimum absolute atomic E-state index is 0.608. The highest BCUT2D eigenvalue weighted by Crippen LogP contribution is 2.44. The van der Waals surface area contributed by atoms with E-state index in [9.17, 15) is 0 Å². The highest BCUT2D eigenvalue weighted by atomic mass is 27.3. The van der Waals surface area contributed by atoms with Crippen LogP contribution in [0.15, 0.2) is 474 Å². The zero-order valence-corrected chi connectivity index (χ0v) is 74.9. The molecule has 132 heavy (non-hydrogen) atoms. The predicted molar refractivity (Wildman–Crippen MR) is 555 cm³/mol. The summed E-state index contributed by atoms with van der Waals surface area (Å²) in [6.45, 7) is 8.56. The third kappa shape index (κ3) is 19.9. The number of fused-ring (bicyclic) bond motifs is 5. The minimum atomic E-state index is -2.86. The Labute approximate surface area is 776 Å². The predicted octanol–water partition coefficient (Wildman–Crippen LogP) is 32.7. The summed E-state index contributed by atoms with van der Waals surface area (Å²) < 4.78 is 19.2. The van der Waals surface area contributed by atoms with Crippen LogP contribution in [0.5, 0.6) is 17.2 Å². The van der Waals surface area contributed by atoms with Crippen molar-refractivity contribution < 1.29 is 11.4 Å². The van der Waals surface area contributed by atoms with E-state index in [2.05, 4.69) is 451 Å². The molecule has 3 aromatic heterocycles. The highest BCUT2D eigenvalue weighted by molar-refractivity contribution is 6.40. The van der Waals surface area contributed by atoms with Crippen LogP contribution in [0.4, 0.5) is 68.2 Å². The van der Waals surface area contributed by atoms with E-state index in [-0.39, 0.29) is 0 Å². The van der Waals surface area contributed by atoms with Gasteiger partial charge in [-0.3, -0.25) is 15.0 Å². The van der Waals surface area contributed by atoms with Crippen LogP contribution >= 0.6 is 0 Å². The van der Waals surface area contributed by atoms with Crippen molar-refractivity contribution in [3.05, 3.63) is 518 Å². The van der Waals surface area contributed by atoms with Gasteiger partial charge < -0.3 is 31.0 Å². The van der Waals surface area contributed by atoms with Crippen LogP contribution in [0, 0.1) is 27.7 Å². The van der Waals surface area contributed by atoms with E-state index in [1.165, 1.54) is 66.1 Å². The summed E-state index contributed by atoms with van der Waals surface area (Å²) in [6.07, 6.45) is 13.9. The third-order valence-corrected chi connectivity index (χ3v) is 24.6. The van der Waals surface area contributed by atoms with Crippen molar-refractivity contribution in [2.24, 2.45) is 0 Å². The topological polar surface area (TPSA) is 79.3 Å². The first-order valence-electron chi connectivity index (χ1n) is 44.5. The van der Waals surface area contributed by atoms with Crippen LogP contribution in [-0.4, -0.2) is 30.1 Å². The van der Waals surface area contributed by atoms with E-state index in [1.807, 2.05) is 91.0 Å². The van der Waals surface area contributed by atoms with Crippen LogP contribution in [-0.2, 0) is 0 Å². The van der Waals surface area contributed by atoms with Gasteiger partial charge in [-0.05, 0) is 264 Å². The van der Waals surface area contributed by atoms with E-state index >= 15 is 0 Å². The van der Waals surface area contributed by atoms with Crippen molar-refractivity contribution in [1.82, 2.24) is 15.0 Å². The molecular weight excluding hydrogens is 1630 g/mol. The van der Waals surface area contributed by atoms with Crippen LogP contribution < -0.4 is 31.0 Å². The van der Waals surface area contributed by atoms with Crippen molar-refractivity contribution in [1.29, 1.82) is 0 Å². The maximum atomic E-state index is 6.41. The summed E-state index contributed by atoms with van der Waals surface area (Å²) in [5.41, 5.74) is 27.9. The Morgan fingerprint density at radius 3 is 0.773 bits per heavy atom. The minimum Gasteiger partial charge on any atom is -0.576 e. The lowest BCUT2D eigenvalue weighted by molar-refractivity contribution is 0.311. The fraction of sp³-hybridized carbons (Fsp3) is 0.0331. The van der Waals surface area contributed by atoms with Gasteiger partial charge in [0.2, 0.25) is 0 Å². The van der Waals surface area contributed by atoms with Gasteiger partial charge in [0, 0.05) is 102 Å². The van der Waals surface area contributed by atoms with Gasteiger partial charge in [0.1, 0.15) is 33.8 Å². The van der Waals surface area contributed by atoms with Crippen molar-refractivity contribution in [3.8, 4) is 28.4 Å². The van der Waals surface area contributed by atoms with E-state index in [1.54, 1.807) is 18.6 Å². The van der Waals surface area contributed by atoms with Gasteiger partial charge in [-0.15, -0.1) is 0 Å². The summed E-state index contributed by atoms with van der Waals surface area (Å²) in [6, 6.07) is 159. The number of nitrogens with zero attached hydrogens (tertiary/aromatic N) is 7. The smallest absolute Gasteiger partial charge is 0.576 e. The SMILES string of the molecule is Cc1cccc(N(c2ccc(C=Cc3ccc(C=Cc4ccc(N(c5cccc(C)c5)c5cccc(C)c5)cc4)cc3)cc2)c2cccc(C)c2)c1.c1ccc(N(c2ccc(-c3ccc(N(c4ccccc4)c4cccc5ccccc45)cc3)cc2)c2cccc3ccccc23)cc1.c1cnc2c([O][Al]([O]c3cccc4cccnc34)[O]c3cccc4cccnc34)cccc2c1. The molecule has 0 saturated carbocycles. The number of rotatable bonds is 23. The molecule has 0 unspecified atom stereocenters. The summed E-state index contributed by atoms with van der Waals surface area (Å²) in [7, 11) is 0. The fourth-order valence-corrected chi connectivity index (χ4v) is 18.2. The molecule has 0 N–H and O–H groups in total. The molecule has 0 aliphatic rings. The quantitative estimate of drug-likeness (QED) is 0.0456. The molecule has 0 fully saturated rings. The monoisotopic (exact) mass is 1720 g/mol. The first-order chi connectivity index (χ1) is 65.1. The average Bonchev–Trinajstić information content (AvgIpc) is 0.779. The molecule has 3 heterocycles. The molecule has 0 radical (unpaired) electrons. The second kappa shape index (κ2) is 40.1. The van der Waals surface area contributed by atoms with Crippen LogP contribution in [0.2, 0.25) is 0 Å². The third-order valence-electron chi connectivity index (χ3n) is 23.3. The largest absolute Gasteiger partial charge is 1.20 e. The number of para-hydroxylation sites is 5. The standard InChI is InChI=1S/C50H44N2.C44H32N2.3C9H7NO.Al/c1-37-9-5-13-47(33-37)51(48-14-6-10-38(2)34-48)45-29-25-43(26-30-45)23-21-41-17-19-42(20-18-41)22-24-44-27-31-46(32-28-44)52(49-15-7-11-39(3)35-49)50-16-8-12-40(4)36-50;1-3-17-37(18-4-1)45(43-23-11-15-35-13-7-9-21-41(35)43)39-29-25-33(26-30-39)34-27-31-40(32-28-34)46(38-19-5-2-6-20-38)44-24-12-16-36-14-8-10-22-42(36)44;3*11-8-5-1-3-7-4-2-6-10-9(7)8;/h5-36H,1-4H3;1-32H;3*1-6,11H;/q;;;;;+3/p-3. The Bertz CT molecular complexity index is 6990. The highest BCUT2D eigenvalue weighted by Gasteiger charge is 2.46. The number of aromatic nitrogens is 3. The van der Waals surface area contributed by atoms with Crippen LogP contribution in [0.25, 0.3) is 89.7 Å². The normalized spacial score (nSPS) is 11.1. The van der Waals surface area contributed by atoms with Gasteiger partial charge in [0.05, 0.1) is 11.4 Å². The molecule has 0 saturated heterocycles. The zero-order chi connectivity index (χ0) is 89.3. The number of aryl methyl sites for hydroxylation is 4. The van der Waals surface area contributed by atoms with Crippen molar-refractivity contribution in [2.75, 3.05) is 19.6 Å². The molecule has 0 atom stereocenters. The molecule has 21 aromatic rings. The van der Waals surface area contributed by atoms with Gasteiger partial charge in [-0.2, -0.15) is 0 Å². The average molecular weight is 1720 g/mol. The number of anilines is 12. The number of benzene rings is 18. The van der Waals surface area contributed by atoms with E-state index in [0.29, 0.717) is 17.2 Å². The summed E-state index contributed by atoms with van der Waals surface area (Å²) in [5, 5.41) is 7.84. The van der Waals surface area contributed by atoms with Crippen LogP contribution in [0.1, 0.15) is 44.5 Å². The Hall–Kier alpha value is -16.7. The van der Waals surface area contributed by atoms with Gasteiger partial charge in [-0.1, -0.05) is 309 Å². The summed E-state index contributed by atoms with van der Waals surface area (Å²) >= 11 is -2.86. The Kier molecular flexibility index (Phi) is 25.8. The van der Waals surface area contributed by atoms with Crippen molar-refractivity contribution >= 4 is 162 Å². The Balaban J connectivity index is 0.000000130. The first-order valence-corrected chi connectivity index (χ1v) is 45.9. The lowest BCUT2D eigenvalue weighted by atomic mass is 10.0. The Morgan fingerprint density at radius 1 is 0.205 bits per heavy atom. The Morgan fingerprint density at radius 2 is 0.447 bits per heavy atom. The van der Waals surface area contributed by atoms with E-state index < -0.39 is 15.1 Å². The summed E-state index contributed by atoms with van der Waals surface area (Å²) in [4.78, 5) is 22.9. The van der Waals surface area contributed by atoms with E-state index in [0.717, 1.165) is 112 Å². The fourth-order valence-electron chi connectivity index (χ4n) is 16.9. The zero-order valence-electron chi connectivity index (χ0n) is 73.8. The molecule has 0 aliphatic heterocycles. The molecule has 0 aliphatic carbocycles. The van der Waals surface area contributed by atoms with Crippen LogP contribution in [0.3, 0.4) is 0 Å². The molecule has 0 amide bonds. The van der Waals surface area contributed by atoms with Gasteiger partial charge in [0.25, 0.3) is 0 Å².